The third kappa shape index (κ3) is 1.48. The maximum absolute atomic E-state index is 5.85. The van der Waals surface area contributed by atoms with Gasteiger partial charge in [-0.15, -0.1) is 5.10 Å². The summed E-state index contributed by atoms with van der Waals surface area (Å²) in [5, 5.41) is 6.77. The van der Waals surface area contributed by atoms with Crippen molar-refractivity contribution in [3.05, 3.63) is 5.82 Å². The normalized spacial score (nSPS) is 20.9. The number of nitrogens with zero attached hydrogens (tertiary/aromatic N) is 2. The summed E-state index contributed by atoms with van der Waals surface area (Å²) in [6.07, 6.45) is 5.93. The van der Waals surface area contributed by atoms with E-state index in [1.165, 1.54) is 19.3 Å². The highest BCUT2D eigenvalue weighted by molar-refractivity contribution is 5.19. The molecule has 78 valence electrons. The molecule has 0 aliphatic heterocycles. The van der Waals surface area contributed by atoms with Crippen LogP contribution in [0.3, 0.4) is 0 Å². The molecular formula is C9H17N5. The van der Waals surface area contributed by atoms with Gasteiger partial charge in [0.25, 0.3) is 0 Å². The van der Waals surface area contributed by atoms with Gasteiger partial charge in [0.2, 0.25) is 5.95 Å². The van der Waals surface area contributed by atoms with Crippen LogP contribution in [0.2, 0.25) is 0 Å². The third-order valence-corrected chi connectivity index (χ3v) is 3.21. The molecule has 0 radical (unpaired) electrons. The van der Waals surface area contributed by atoms with Gasteiger partial charge in [0, 0.05) is 12.0 Å². The number of hydrogen-bond acceptors (Lipinski definition) is 4. The standard InChI is InChI=1S/C9H17N5/c10-6-9(4-2-1-3-5-9)7-12-8(11)14-13-7/h1-6,10H2,(H3,11,12,13,14). The summed E-state index contributed by atoms with van der Waals surface area (Å²) >= 11 is 0. The second kappa shape index (κ2) is 3.57. The predicted molar refractivity (Wildman–Crippen MR) is 54.6 cm³/mol. The third-order valence-electron chi connectivity index (χ3n) is 3.21. The van der Waals surface area contributed by atoms with Crippen molar-refractivity contribution in [2.45, 2.75) is 37.5 Å². The number of nitrogens with one attached hydrogen (secondary N) is 1. The fourth-order valence-electron chi connectivity index (χ4n) is 2.28. The summed E-state index contributed by atoms with van der Waals surface area (Å²) in [5.74, 6) is 1.19. The van der Waals surface area contributed by atoms with E-state index in [9.17, 15) is 0 Å². The van der Waals surface area contributed by atoms with Crippen molar-refractivity contribution in [1.29, 1.82) is 0 Å². The molecule has 0 amide bonds. The highest BCUT2D eigenvalue weighted by Gasteiger charge is 2.35. The van der Waals surface area contributed by atoms with E-state index in [1.54, 1.807) is 0 Å². The molecule has 14 heavy (non-hydrogen) atoms. The molecule has 5 N–H and O–H groups in total. The zero-order valence-electron chi connectivity index (χ0n) is 8.29. The Balaban J connectivity index is 2.26. The average molecular weight is 195 g/mol. The fraction of sp³-hybridized carbons (Fsp3) is 0.778. The van der Waals surface area contributed by atoms with Crippen LogP contribution >= 0.6 is 0 Å². The number of nitrogens with two attached hydrogens (primary N) is 2. The van der Waals surface area contributed by atoms with Gasteiger partial charge in [0.05, 0.1) is 0 Å². The Labute approximate surface area is 83.3 Å². The molecule has 1 fully saturated rings. The van der Waals surface area contributed by atoms with E-state index in [4.69, 9.17) is 11.5 Å². The summed E-state index contributed by atoms with van der Waals surface area (Å²) in [5.41, 5.74) is 11.4. The number of hydrogen-bond donors (Lipinski definition) is 3. The molecule has 0 aromatic carbocycles. The summed E-state index contributed by atoms with van der Waals surface area (Å²) in [6, 6.07) is 0. The van der Waals surface area contributed by atoms with Crippen LogP contribution < -0.4 is 11.5 Å². The van der Waals surface area contributed by atoms with Gasteiger partial charge in [-0.25, -0.2) is 0 Å². The lowest BCUT2D eigenvalue weighted by Gasteiger charge is -2.33. The van der Waals surface area contributed by atoms with Gasteiger partial charge in [0.1, 0.15) is 5.82 Å². The molecule has 1 aromatic heterocycles. The van der Waals surface area contributed by atoms with Crippen molar-refractivity contribution < 1.29 is 0 Å². The molecule has 1 aliphatic rings. The van der Waals surface area contributed by atoms with Gasteiger partial charge in [-0.3, -0.25) is 5.10 Å². The minimum absolute atomic E-state index is 0.00285. The number of aromatic nitrogens is 3. The maximum Gasteiger partial charge on any atom is 0.239 e. The Morgan fingerprint density at radius 1 is 1.29 bits per heavy atom. The minimum Gasteiger partial charge on any atom is -0.367 e. The molecule has 1 aromatic rings. The number of aromatic amines is 1. The number of H-pyrrole nitrogens is 1. The van der Waals surface area contributed by atoms with E-state index in [0.29, 0.717) is 12.5 Å². The van der Waals surface area contributed by atoms with E-state index in [0.717, 1.165) is 18.7 Å². The fourth-order valence-corrected chi connectivity index (χ4v) is 2.28. The van der Waals surface area contributed by atoms with Crippen LogP contribution in [0.5, 0.6) is 0 Å². The van der Waals surface area contributed by atoms with E-state index >= 15 is 0 Å². The Bertz CT molecular complexity index is 300. The first kappa shape index (κ1) is 9.45. The molecule has 5 nitrogen and oxygen atoms in total. The van der Waals surface area contributed by atoms with E-state index in [-0.39, 0.29) is 5.41 Å². The van der Waals surface area contributed by atoms with Crippen LogP contribution in [0, 0.1) is 0 Å². The lowest BCUT2D eigenvalue weighted by atomic mass is 9.73. The molecule has 2 rings (SSSR count). The van der Waals surface area contributed by atoms with Crippen molar-refractivity contribution in [2.75, 3.05) is 12.3 Å². The largest absolute Gasteiger partial charge is 0.367 e. The van der Waals surface area contributed by atoms with Gasteiger partial charge in [0.15, 0.2) is 0 Å². The summed E-state index contributed by atoms with van der Waals surface area (Å²) < 4.78 is 0. The van der Waals surface area contributed by atoms with Gasteiger partial charge < -0.3 is 11.5 Å². The Hall–Kier alpha value is -1.10. The van der Waals surface area contributed by atoms with Crippen LogP contribution in [0.4, 0.5) is 5.95 Å². The first-order valence-corrected chi connectivity index (χ1v) is 5.15. The molecular weight excluding hydrogens is 178 g/mol. The Morgan fingerprint density at radius 3 is 2.50 bits per heavy atom. The van der Waals surface area contributed by atoms with Gasteiger partial charge in [-0.1, -0.05) is 19.3 Å². The van der Waals surface area contributed by atoms with Crippen LogP contribution in [0.1, 0.15) is 37.9 Å². The SMILES string of the molecule is NCC1(c2nc(N)n[nH]2)CCCCC1. The van der Waals surface area contributed by atoms with E-state index < -0.39 is 0 Å². The van der Waals surface area contributed by atoms with Gasteiger partial charge in [-0.05, 0) is 12.8 Å². The molecule has 0 saturated heterocycles. The Kier molecular flexibility index (Phi) is 2.41. The molecule has 1 heterocycles. The predicted octanol–water partition coefficient (Wildman–Crippen LogP) is 0.547. The summed E-state index contributed by atoms with van der Waals surface area (Å²) in [7, 11) is 0. The lowest BCUT2D eigenvalue weighted by Crippen LogP contribution is -2.38. The van der Waals surface area contributed by atoms with E-state index in [1.807, 2.05) is 0 Å². The van der Waals surface area contributed by atoms with E-state index in [2.05, 4.69) is 15.2 Å². The highest BCUT2D eigenvalue weighted by Crippen LogP contribution is 2.36. The molecule has 0 spiro atoms. The molecule has 0 unspecified atom stereocenters. The second-order valence-corrected chi connectivity index (χ2v) is 4.09. The number of rotatable bonds is 2. The van der Waals surface area contributed by atoms with Gasteiger partial charge >= 0.3 is 0 Å². The highest BCUT2D eigenvalue weighted by atomic mass is 15.3. The molecule has 1 aliphatic carbocycles. The minimum atomic E-state index is 0.00285. The first-order chi connectivity index (χ1) is 6.77. The topological polar surface area (TPSA) is 93.6 Å². The van der Waals surface area contributed by atoms with Crippen molar-refractivity contribution in [3.63, 3.8) is 0 Å². The molecule has 0 atom stereocenters. The quantitative estimate of drug-likeness (QED) is 0.642. The van der Waals surface area contributed by atoms with Crippen LogP contribution in [-0.4, -0.2) is 21.7 Å². The maximum atomic E-state index is 5.85. The zero-order chi connectivity index (χ0) is 10.0. The van der Waals surface area contributed by atoms with Crippen LogP contribution in [-0.2, 0) is 5.41 Å². The summed E-state index contributed by atoms with van der Waals surface area (Å²) in [4.78, 5) is 4.21. The molecule has 1 saturated carbocycles. The van der Waals surface area contributed by atoms with Crippen molar-refractivity contribution in [3.8, 4) is 0 Å². The average Bonchev–Trinajstić information content (AvgIpc) is 2.66. The van der Waals surface area contributed by atoms with Crippen molar-refractivity contribution in [1.82, 2.24) is 15.2 Å². The molecule has 0 bridgehead atoms. The van der Waals surface area contributed by atoms with Crippen molar-refractivity contribution in [2.24, 2.45) is 5.73 Å². The number of anilines is 1. The van der Waals surface area contributed by atoms with Gasteiger partial charge in [-0.2, -0.15) is 4.98 Å². The second-order valence-electron chi connectivity index (χ2n) is 4.09. The number of nitrogen functional groups attached to an aromatic ring is 1. The summed E-state index contributed by atoms with van der Waals surface area (Å²) in [6.45, 7) is 0.627. The van der Waals surface area contributed by atoms with Crippen LogP contribution in [0.15, 0.2) is 0 Å². The first-order valence-electron chi connectivity index (χ1n) is 5.15. The lowest BCUT2D eigenvalue weighted by molar-refractivity contribution is 0.286. The zero-order valence-corrected chi connectivity index (χ0v) is 8.29. The van der Waals surface area contributed by atoms with Crippen molar-refractivity contribution >= 4 is 5.95 Å². The smallest absolute Gasteiger partial charge is 0.239 e. The van der Waals surface area contributed by atoms with Crippen LogP contribution in [0.25, 0.3) is 0 Å². The molecule has 5 heteroatoms. The Morgan fingerprint density at radius 2 is 2.00 bits per heavy atom. The monoisotopic (exact) mass is 195 g/mol.